The van der Waals surface area contributed by atoms with Crippen molar-refractivity contribution in [3.8, 4) is 0 Å². The fourth-order valence-corrected chi connectivity index (χ4v) is 6.34. The molecule has 3 fully saturated rings. The van der Waals surface area contributed by atoms with E-state index in [1.54, 1.807) is 8.61 Å². The van der Waals surface area contributed by atoms with Crippen molar-refractivity contribution >= 4 is 22.6 Å². The van der Waals surface area contributed by atoms with E-state index in [0.717, 1.165) is 25.3 Å². The minimum absolute atomic E-state index is 0. The highest BCUT2D eigenvalue weighted by molar-refractivity contribution is 7.86. The molecule has 3 unspecified atom stereocenters. The third-order valence-corrected chi connectivity index (χ3v) is 8.13. The van der Waals surface area contributed by atoms with E-state index in [0.29, 0.717) is 25.6 Å². The van der Waals surface area contributed by atoms with E-state index < -0.39 is 10.2 Å². The lowest BCUT2D eigenvalue weighted by atomic mass is 9.76. The highest BCUT2D eigenvalue weighted by Gasteiger charge is 2.43. The van der Waals surface area contributed by atoms with Crippen LogP contribution in [0.4, 0.5) is 0 Å². The smallest absolute Gasteiger partial charge is 0.282 e. The molecular formula is C16H32ClN3O2S. The van der Waals surface area contributed by atoms with Crippen LogP contribution >= 0.6 is 12.4 Å². The van der Waals surface area contributed by atoms with Crippen LogP contribution in [0.5, 0.6) is 0 Å². The van der Waals surface area contributed by atoms with Crippen molar-refractivity contribution in [2.45, 2.75) is 58.4 Å². The molecule has 0 spiro atoms. The van der Waals surface area contributed by atoms with E-state index in [-0.39, 0.29) is 23.9 Å². The molecule has 7 heteroatoms. The number of nitrogens with zero attached hydrogens (tertiary/aromatic N) is 2. The Labute approximate surface area is 147 Å². The van der Waals surface area contributed by atoms with E-state index in [1.165, 1.54) is 25.7 Å². The molecule has 0 radical (unpaired) electrons. The monoisotopic (exact) mass is 365 g/mol. The molecule has 0 aromatic heterocycles. The maximum atomic E-state index is 13.0. The van der Waals surface area contributed by atoms with Gasteiger partial charge in [-0.3, -0.25) is 0 Å². The van der Waals surface area contributed by atoms with Gasteiger partial charge in [-0.2, -0.15) is 17.0 Å². The molecule has 0 amide bonds. The van der Waals surface area contributed by atoms with Gasteiger partial charge in [0.1, 0.15) is 0 Å². The largest absolute Gasteiger partial charge is 0.327 e. The van der Waals surface area contributed by atoms with E-state index in [2.05, 4.69) is 13.8 Å². The van der Waals surface area contributed by atoms with Crippen LogP contribution in [0, 0.1) is 17.3 Å². The Morgan fingerprint density at radius 1 is 0.957 bits per heavy atom. The number of hydrogen-bond acceptors (Lipinski definition) is 3. The van der Waals surface area contributed by atoms with Crippen LogP contribution in [0.1, 0.15) is 52.4 Å². The minimum Gasteiger partial charge on any atom is -0.327 e. The van der Waals surface area contributed by atoms with Crippen LogP contribution in [0.3, 0.4) is 0 Å². The molecule has 2 heterocycles. The normalized spacial score (nSPS) is 36.0. The first-order chi connectivity index (χ1) is 10.3. The summed E-state index contributed by atoms with van der Waals surface area (Å²) in [5, 5.41) is 0. The molecule has 0 bridgehead atoms. The molecule has 3 aliphatic rings. The third-order valence-electron chi connectivity index (χ3n) is 6.18. The number of piperidine rings is 2. The Kier molecular flexibility index (Phi) is 6.05. The number of hydrogen-bond donors (Lipinski definition) is 1. The number of halogens is 1. The van der Waals surface area contributed by atoms with Gasteiger partial charge in [0, 0.05) is 32.2 Å². The average molecular weight is 366 g/mol. The van der Waals surface area contributed by atoms with Crippen LogP contribution in [0.15, 0.2) is 0 Å². The van der Waals surface area contributed by atoms with Gasteiger partial charge in [0.05, 0.1) is 0 Å². The van der Waals surface area contributed by atoms with Crippen molar-refractivity contribution in [3.63, 3.8) is 0 Å². The van der Waals surface area contributed by atoms with Crippen LogP contribution in [0.25, 0.3) is 0 Å². The predicted molar refractivity (Wildman–Crippen MR) is 95.8 cm³/mol. The van der Waals surface area contributed by atoms with Crippen LogP contribution < -0.4 is 5.73 Å². The zero-order chi connectivity index (χ0) is 16.0. The molecule has 136 valence electrons. The number of rotatable bonds is 2. The minimum atomic E-state index is -3.32. The van der Waals surface area contributed by atoms with Crippen molar-refractivity contribution in [2.75, 3.05) is 26.2 Å². The van der Waals surface area contributed by atoms with Crippen molar-refractivity contribution in [1.82, 2.24) is 8.61 Å². The topological polar surface area (TPSA) is 66.6 Å². The Balaban J connectivity index is 0.00000192. The van der Waals surface area contributed by atoms with Crippen molar-refractivity contribution in [3.05, 3.63) is 0 Å². The summed E-state index contributed by atoms with van der Waals surface area (Å²) in [7, 11) is -3.32. The van der Waals surface area contributed by atoms with E-state index in [4.69, 9.17) is 5.73 Å². The number of nitrogens with two attached hydrogens (primary N) is 1. The molecule has 3 atom stereocenters. The average Bonchev–Trinajstić information content (AvgIpc) is 2.49. The van der Waals surface area contributed by atoms with Gasteiger partial charge in [-0.1, -0.05) is 33.1 Å². The molecule has 0 aromatic carbocycles. The molecule has 3 rings (SSSR count). The lowest BCUT2D eigenvalue weighted by Crippen LogP contribution is -2.58. The molecule has 23 heavy (non-hydrogen) atoms. The van der Waals surface area contributed by atoms with Gasteiger partial charge in [0.15, 0.2) is 0 Å². The summed E-state index contributed by atoms with van der Waals surface area (Å²) in [5.41, 5.74) is 6.00. The summed E-state index contributed by atoms with van der Waals surface area (Å²) < 4.78 is 29.5. The Hall–Kier alpha value is 0.120. The van der Waals surface area contributed by atoms with Crippen molar-refractivity contribution < 1.29 is 8.42 Å². The lowest BCUT2D eigenvalue weighted by Gasteiger charge is -2.46. The van der Waals surface area contributed by atoms with E-state index in [1.807, 2.05) is 0 Å². The second-order valence-electron chi connectivity index (χ2n) is 8.18. The summed E-state index contributed by atoms with van der Waals surface area (Å²) in [6.45, 7) is 6.69. The first-order valence-electron chi connectivity index (χ1n) is 8.81. The van der Waals surface area contributed by atoms with Crippen molar-refractivity contribution in [2.24, 2.45) is 23.0 Å². The first kappa shape index (κ1) is 19.4. The van der Waals surface area contributed by atoms with Gasteiger partial charge < -0.3 is 5.73 Å². The van der Waals surface area contributed by atoms with Crippen LogP contribution in [0.2, 0.25) is 0 Å². The van der Waals surface area contributed by atoms with Gasteiger partial charge in [0.2, 0.25) is 0 Å². The fourth-order valence-electron chi connectivity index (χ4n) is 4.46. The van der Waals surface area contributed by atoms with Gasteiger partial charge in [-0.05, 0) is 36.5 Å². The lowest BCUT2D eigenvalue weighted by molar-refractivity contribution is 0.116. The maximum absolute atomic E-state index is 13.0. The van der Waals surface area contributed by atoms with Gasteiger partial charge >= 0.3 is 0 Å². The maximum Gasteiger partial charge on any atom is 0.282 e. The van der Waals surface area contributed by atoms with Crippen molar-refractivity contribution in [1.29, 1.82) is 0 Å². The Bertz CT molecular complexity index is 511. The fraction of sp³-hybridized carbons (Fsp3) is 1.00. The second-order valence-corrected chi connectivity index (χ2v) is 10.1. The van der Waals surface area contributed by atoms with Crippen LogP contribution in [-0.2, 0) is 10.2 Å². The molecule has 1 aliphatic carbocycles. The van der Waals surface area contributed by atoms with E-state index >= 15 is 0 Å². The second kappa shape index (κ2) is 7.16. The molecule has 2 N–H and O–H groups in total. The Morgan fingerprint density at radius 3 is 2.22 bits per heavy atom. The molecule has 1 saturated carbocycles. The first-order valence-corrected chi connectivity index (χ1v) is 10.2. The third kappa shape index (κ3) is 3.87. The summed E-state index contributed by atoms with van der Waals surface area (Å²) >= 11 is 0. The van der Waals surface area contributed by atoms with E-state index in [9.17, 15) is 8.42 Å². The Morgan fingerprint density at radius 2 is 1.57 bits per heavy atom. The summed E-state index contributed by atoms with van der Waals surface area (Å²) in [6, 6.07) is 0.0861. The van der Waals surface area contributed by atoms with Gasteiger partial charge in [-0.15, -0.1) is 12.4 Å². The SMILES string of the molecule is CC1(C)CN(S(=O)(=O)N2CCC3CCCCC3C2)CCC1N.Cl. The standard InChI is InChI=1S/C16H31N3O2S.ClH/c1-16(2)12-19(10-8-15(16)17)22(20,21)18-9-7-13-5-3-4-6-14(13)11-18;/h13-15H,3-12,17H2,1-2H3;1H. The van der Waals surface area contributed by atoms with Crippen LogP contribution in [-0.4, -0.2) is 49.2 Å². The summed E-state index contributed by atoms with van der Waals surface area (Å²) in [5.74, 6) is 1.34. The van der Waals surface area contributed by atoms with Gasteiger partial charge in [-0.25, -0.2) is 0 Å². The van der Waals surface area contributed by atoms with Gasteiger partial charge in [0.25, 0.3) is 10.2 Å². The number of fused-ring (bicyclic) bond motifs is 1. The molecule has 2 saturated heterocycles. The molecule has 5 nitrogen and oxygen atoms in total. The zero-order valence-electron chi connectivity index (χ0n) is 14.4. The molecule has 2 aliphatic heterocycles. The highest BCUT2D eigenvalue weighted by Crippen LogP contribution is 2.38. The quantitative estimate of drug-likeness (QED) is 0.815. The summed E-state index contributed by atoms with van der Waals surface area (Å²) in [4.78, 5) is 0. The highest BCUT2D eigenvalue weighted by atomic mass is 35.5. The zero-order valence-corrected chi connectivity index (χ0v) is 16.0. The summed E-state index contributed by atoms with van der Waals surface area (Å²) in [6.07, 6.45) is 6.89. The molecule has 0 aromatic rings. The predicted octanol–water partition coefficient (Wildman–Crippen LogP) is 2.22. The molecular weight excluding hydrogens is 334 g/mol.